The number of nitro benzene ring substituents is 1. The van der Waals surface area contributed by atoms with Crippen LogP contribution in [-0.2, 0) is 19.0 Å². The highest BCUT2D eigenvalue weighted by molar-refractivity contribution is 6.07. The Hall–Kier alpha value is -4.94. The van der Waals surface area contributed by atoms with Gasteiger partial charge in [-0.2, -0.15) is 5.10 Å². The van der Waals surface area contributed by atoms with Crippen molar-refractivity contribution in [2.45, 2.75) is 0 Å². The van der Waals surface area contributed by atoms with E-state index in [2.05, 4.69) is 9.84 Å². The number of benzene rings is 2. The summed E-state index contributed by atoms with van der Waals surface area (Å²) in [4.78, 5) is 48.4. The van der Waals surface area contributed by atoms with Crippen LogP contribution in [0.3, 0.4) is 0 Å². The van der Waals surface area contributed by atoms with Crippen molar-refractivity contribution in [2.75, 3.05) is 35.0 Å². The van der Waals surface area contributed by atoms with Gasteiger partial charge in [0.2, 0.25) is 0 Å². The van der Waals surface area contributed by atoms with E-state index >= 15 is 0 Å². The van der Waals surface area contributed by atoms with Gasteiger partial charge in [0.1, 0.15) is 11.3 Å². The van der Waals surface area contributed by atoms with Crippen molar-refractivity contribution < 1.29 is 43.0 Å². The molecule has 0 spiro atoms. The Morgan fingerprint density at radius 2 is 1.61 bits per heavy atom. The molecule has 13 nitrogen and oxygen atoms in total. The minimum Gasteiger partial charge on any atom is -0.493 e. The maximum absolute atomic E-state index is 12.8. The Balaban J connectivity index is 2.36. The topological polar surface area (TPSA) is 158 Å². The van der Waals surface area contributed by atoms with Crippen molar-refractivity contribution in [1.29, 1.82) is 0 Å². The second kappa shape index (κ2) is 11.0. The predicted molar refractivity (Wildman–Crippen MR) is 122 cm³/mol. The van der Waals surface area contributed by atoms with Gasteiger partial charge in [-0.1, -0.05) is 18.2 Å². The van der Waals surface area contributed by atoms with Crippen LogP contribution in [0.1, 0.15) is 20.8 Å². The van der Waals surface area contributed by atoms with E-state index in [9.17, 15) is 24.5 Å². The minimum atomic E-state index is -0.980. The lowest BCUT2D eigenvalue weighted by atomic mass is 10.0. The van der Waals surface area contributed by atoms with Crippen LogP contribution in [0.25, 0.3) is 16.9 Å². The summed E-state index contributed by atoms with van der Waals surface area (Å²) in [5.41, 5.74) is -1.25. The molecule has 0 aliphatic heterocycles. The van der Waals surface area contributed by atoms with Crippen LogP contribution in [0.15, 0.2) is 42.5 Å². The van der Waals surface area contributed by atoms with Gasteiger partial charge in [0, 0.05) is 6.07 Å². The second-order valence-electron chi connectivity index (χ2n) is 6.94. The third-order valence-corrected chi connectivity index (χ3v) is 4.96. The number of para-hydroxylation sites is 1. The Bertz CT molecular complexity index is 1320. The van der Waals surface area contributed by atoms with E-state index in [0.29, 0.717) is 5.69 Å². The zero-order valence-corrected chi connectivity index (χ0v) is 19.7. The van der Waals surface area contributed by atoms with Crippen LogP contribution in [-0.4, -0.2) is 67.7 Å². The summed E-state index contributed by atoms with van der Waals surface area (Å²) >= 11 is 0. The number of ether oxygens (including phenoxy) is 5. The van der Waals surface area contributed by atoms with Gasteiger partial charge in [0.15, 0.2) is 23.8 Å². The molecule has 3 rings (SSSR count). The average molecular weight is 499 g/mol. The maximum atomic E-state index is 12.8. The Labute approximate surface area is 204 Å². The first-order valence-electron chi connectivity index (χ1n) is 10.2. The summed E-state index contributed by atoms with van der Waals surface area (Å²) in [5.74, 6) is -2.77. The van der Waals surface area contributed by atoms with E-state index in [0.717, 1.165) is 32.1 Å². The van der Waals surface area contributed by atoms with Gasteiger partial charge in [0.05, 0.1) is 50.7 Å². The molecule has 0 aliphatic carbocycles. The molecule has 0 fully saturated rings. The molecule has 0 amide bonds. The van der Waals surface area contributed by atoms with Crippen LogP contribution in [0.4, 0.5) is 5.69 Å². The molecule has 0 atom stereocenters. The van der Waals surface area contributed by atoms with Crippen molar-refractivity contribution >= 4 is 23.6 Å². The van der Waals surface area contributed by atoms with Crippen molar-refractivity contribution in [3.05, 3.63) is 63.8 Å². The predicted octanol–water partition coefficient (Wildman–Crippen LogP) is 2.58. The number of hydrogen-bond acceptors (Lipinski definition) is 11. The van der Waals surface area contributed by atoms with E-state index in [1.807, 2.05) is 0 Å². The summed E-state index contributed by atoms with van der Waals surface area (Å²) < 4.78 is 26.0. The monoisotopic (exact) mass is 499 g/mol. The Kier molecular flexibility index (Phi) is 7.84. The Morgan fingerprint density at radius 1 is 0.944 bits per heavy atom. The third-order valence-electron chi connectivity index (χ3n) is 4.96. The van der Waals surface area contributed by atoms with Gasteiger partial charge in [-0.05, 0) is 12.1 Å². The Morgan fingerprint density at radius 3 is 2.17 bits per heavy atom. The fourth-order valence-electron chi connectivity index (χ4n) is 3.30. The van der Waals surface area contributed by atoms with Crippen LogP contribution in [0.5, 0.6) is 11.5 Å². The molecule has 2 aromatic carbocycles. The molecule has 13 heteroatoms. The number of nitro groups is 1. The summed E-state index contributed by atoms with van der Waals surface area (Å²) in [6.45, 7) is -0.536. The van der Waals surface area contributed by atoms with Gasteiger partial charge in [-0.15, -0.1) is 0 Å². The fraction of sp³-hybridized carbons (Fsp3) is 0.217. The SMILES string of the molecule is COC(=O)COc1cc([N+](=O)[O-])c(-c2nn(-c3ccccc3)c(C(=O)OC)c2C(=O)OC)cc1OC. The van der Waals surface area contributed by atoms with Crippen LogP contribution < -0.4 is 9.47 Å². The number of aromatic nitrogens is 2. The number of rotatable bonds is 9. The first-order valence-corrected chi connectivity index (χ1v) is 10.2. The largest absolute Gasteiger partial charge is 0.493 e. The molecule has 0 saturated carbocycles. The molecule has 36 heavy (non-hydrogen) atoms. The third kappa shape index (κ3) is 4.94. The molecule has 188 valence electrons. The molecule has 3 aromatic rings. The van der Waals surface area contributed by atoms with Crippen molar-refractivity contribution in [1.82, 2.24) is 9.78 Å². The lowest BCUT2D eigenvalue weighted by Crippen LogP contribution is -2.15. The highest BCUT2D eigenvalue weighted by Gasteiger charge is 2.35. The highest BCUT2D eigenvalue weighted by atomic mass is 16.6. The first kappa shape index (κ1) is 25.7. The van der Waals surface area contributed by atoms with E-state index in [1.54, 1.807) is 30.3 Å². The maximum Gasteiger partial charge on any atom is 0.357 e. The van der Waals surface area contributed by atoms with Gasteiger partial charge >= 0.3 is 17.9 Å². The molecule has 0 unspecified atom stereocenters. The molecule has 0 aliphatic rings. The number of carbonyl (C=O) groups excluding carboxylic acids is 3. The van der Waals surface area contributed by atoms with Gasteiger partial charge in [-0.25, -0.2) is 19.1 Å². The van der Waals surface area contributed by atoms with E-state index in [-0.39, 0.29) is 34.0 Å². The summed E-state index contributed by atoms with van der Waals surface area (Å²) in [5, 5.41) is 16.4. The quantitative estimate of drug-likeness (QED) is 0.184. The lowest BCUT2D eigenvalue weighted by Gasteiger charge is -2.12. The standard InChI is InChI=1S/C23H21N3O10/c1-32-16-10-14(15(26(30)31)11-17(16)36-12-18(27)33-2)20-19(22(28)34-3)21(23(29)35-4)25(24-20)13-8-6-5-7-9-13/h5-11H,12H2,1-4H3. The molecule has 0 radical (unpaired) electrons. The molecule has 0 saturated heterocycles. The number of esters is 3. The lowest BCUT2D eigenvalue weighted by molar-refractivity contribution is -0.384. The minimum absolute atomic E-state index is 0.0100. The van der Waals surface area contributed by atoms with E-state index in [4.69, 9.17) is 18.9 Å². The van der Waals surface area contributed by atoms with Gasteiger partial charge in [-0.3, -0.25) is 10.1 Å². The molecule has 0 bridgehead atoms. The zero-order chi connectivity index (χ0) is 26.4. The van der Waals surface area contributed by atoms with Crippen LogP contribution >= 0.6 is 0 Å². The molecular formula is C23H21N3O10. The van der Waals surface area contributed by atoms with Crippen molar-refractivity contribution in [2.24, 2.45) is 0 Å². The van der Waals surface area contributed by atoms with Gasteiger partial charge < -0.3 is 23.7 Å². The normalized spacial score (nSPS) is 10.3. The number of carbonyl (C=O) groups is 3. The molecule has 0 N–H and O–H groups in total. The number of methoxy groups -OCH3 is 4. The zero-order valence-electron chi connectivity index (χ0n) is 19.7. The first-order chi connectivity index (χ1) is 17.3. The molecule has 1 aromatic heterocycles. The highest BCUT2D eigenvalue weighted by Crippen LogP contribution is 2.42. The average Bonchev–Trinajstić information content (AvgIpc) is 3.31. The van der Waals surface area contributed by atoms with E-state index in [1.165, 1.54) is 13.2 Å². The summed E-state index contributed by atoms with van der Waals surface area (Å²) in [6.07, 6.45) is 0. The second-order valence-corrected chi connectivity index (χ2v) is 6.94. The van der Waals surface area contributed by atoms with Gasteiger partial charge in [0.25, 0.3) is 5.69 Å². The van der Waals surface area contributed by atoms with E-state index < -0.39 is 35.1 Å². The van der Waals surface area contributed by atoms with Crippen molar-refractivity contribution in [3.8, 4) is 28.4 Å². The van der Waals surface area contributed by atoms with Crippen LogP contribution in [0.2, 0.25) is 0 Å². The summed E-state index contributed by atoms with van der Waals surface area (Å²) in [7, 11) is 4.64. The van der Waals surface area contributed by atoms with Crippen LogP contribution in [0, 0.1) is 10.1 Å². The number of nitrogens with zero attached hydrogens (tertiary/aromatic N) is 3. The smallest absolute Gasteiger partial charge is 0.357 e. The molecular weight excluding hydrogens is 478 g/mol. The number of hydrogen-bond donors (Lipinski definition) is 0. The fourth-order valence-corrected chi connectivity index (χ4v) is 3.30. The van der Waals surface area contributed by atoms with Crippen molar-refractivity contribution in [3.63, 3.8) is 0 Å². The summed E-state index contributed by atoms with van der Waals surface area (Å²) in [6, 6.07) is 10.5. The molecule has 1 heterocycles.